The van der Waals surface area contributed by atoms with Crippen LogP contribution in [0.1, 0.15) is 23.8 Å². The fraction of sp³-hybridized carbons (Fsp3) is 0.636. The van der Waals surface area contributed by atoms with Crippen molar-refractivity contribution in [3.63, 3.8) is 0 Å². The Kier molecular flexibility index (Phi) is 3.06. The predicted octanol–water partition coefficient (Wildman–Crippen LogP) is -0.155. The highest BCUT2D eigenvalue weighted by molar-refractivity contribution is 5.97. The quantitative estimate of drug-likeness (QED) is 0.712. The molecule has 0 aromatic carbocycles. The molecular weight excluding hydrogens is 220 g/mol. The van der Waals surface area contributed by atoms with E-state index >= 15 is 0 Å². The first-order valence-electron chi connectivity index (χ1n) is 5.75. The molecule has 0 aliphatic carbocycles. The van der Waals surface area contributed by atoms with Crippen molar-refractivity contribution < 1.29 is 9.90 Å². The summed E-state index contributed by atoms with van der Waals surface area (Å²) < 4.78 is 1.49. The molecule has 1 saturated heterocycles. The number of aryl methyl sites for hydroxylation is 1. The first-order valence-corrected chi connectivity index (χ1v) is 5.75. The Morgan fingerprint density at radius 3 is 2.88 bits per heavy atom. The number of carbonyl (C=O) groups is 1. The van der Waals surface area contributed by atoms with Gasteiger partial charge in [0.2, 0.25) is 0 Å². The second-order valence-corrected chi connectivity index (χ2v) is 4.66. The predicted molar refractivity (Wildman–Crippen MR) is 63.3 cm³/mol. The van der Waals surface area contributed by atoms with Crippen LogP contribution in [0.4, 0.5) is 5.69 Å². The second kappa shape index (κ2) is 4.37. The van der Waals surface area contributed by atoms with Crippen molar-refractivity contribution in [3.8, 4) is 0 Å². The van der Waals surface area contributed by atoms with Gasteiger partial charge in [0, 0.05) is 20.1 Å². The molecule has 0 bridgehead atoms. The maximum Gasteiger partial charge on any atom is 0.274 e. The van der Waals surface area contributed by atoms with E-state index in [1.54, 1.807) is 11.9 Å². The van der Waals surface area contributed by atoms with Crippen LogP contribution in [-0.2, 0) is 7.05 Å². The van der Waals surface area contributed by atoms with Crippen molar-refractivity contribution >= 4 is 11.6 Å². The molecule has 1 fully saturated rings. The topological polar surface area (TPSA) is 84.4 Å². The van der Waals surface area contributed by atoms with Crippen LogP contribution in [0, 0.1) is 5.92 Å². The summed E-state index contributed by atoms with van der Waals surface area (Å²) in [7, 11) is 1.70. The first-order chi connectivity index (χ1) is 8.00. The number of rotatable bonds is 1. The van der Waals surface area contributed by atoms with Gasteiger partial charge in [-0.15, -0.1) is 0 Å². The van der Waals surface area contributed by atoms with Crippen LogP contribution in [0.15, 0.2) is 6.20 Å². The van der Waals surface area contributed by atoms with Crippen molar-refractivity contribution in [2.45, 2.75) is 19.4 Å². The van der Waals surface area contributed by atoms with Gasteiger partial charge in [0.25, 0.3) is 5.91 Å². The van der Waals surface area contributed by atoms with E-state index in [4.69, 9.17) is 5.73 Å². The number of likely N-dealkylation sites (tertiary alicyclic amines) is 1. The summed E-state index contributed by atoms with van der Waals surface area (Å²) in [5, 5.41) is 13.6. The maximum absolute atomic E-state index is 12.3. The van der Waals surface area contributed by atoms with Gasteiger partial charge in [-0.05, 0) is 12.3 Å². The number of nitrogens with zero attached hydrogens (tertiary/aromatic N) is 3. The molecule has 6 nitrogen and oxygen atoms in total. The lowest BCUT2D eigenvalue weighted by molar-refractivity contribution is 0.0292. The average Bonchev–Trinajstić information content (AvgIpc) is 2.62. The number of piperidine rings is 1. The van der Waals surface area contributed by atoms with Gasteiger partial charge in [-0.25, -0.2) is 0 Å². The van der Waals surface area contributed by atoms with Gasteiger partial charge in [-0.3, -0.25) is 9.48 Å². The molecule has 2 unspecified atom stereocenters. The molecule has 0 radical (unpaired) electrons. The van der Waals surface area contributed by atoms with Crippen molar-refractivity contribution in [2.75, 3.05) is 18.8 Å². The van der Waals surface area contributed by atoms with Gasteiger partial charge in [0.05, 0.1) is 18.0 Å². The number of hydrogen-bond acceptors (Lipinski definition) is 4. The zero-order valence-electron chi connectivity index (χ0n) is 10.1. The van der Waals surface area contributed by atoms with E-state index in [1.807, 2.05) is 6.92 Å². The van der Waals surface area contributed by atoms with E-state index in [1.165, 1.54) is 10.9 Å². The van der Waals surface area contributed by atoms with Gasteiger partial charge in [-0.2, -0.15) is 5.10 Å². The van der Waals surface area contributed by atoms with Crippen LogP contribution in [-0.4, -0.2) is 44.9 Å². The fourth-order valence-corrected chi connectivity index (χ4v) is 2.18. The molecule has 17 heavy (non-hydrogen) atoms. The van der Waals surface area contributed by atoms with E-state index in [-0.39, 0.29) is 17.9 Å². The molecule has 1 aliphatic heterocycles. The minimum Gasteiger partial charge on any atom is -0.396 e. The first kappa shape index (κ1) is 11.9. The SMILES string of the molecule is CC1CN(C(=O)c2c(N)cnn2C)CCC1O. The minimum atomic E-state index is -0.317. The van der Waals surface area contributed by atoms with Crippen LogP contribution >= 0.6 is 0 Å². The number of nitrogen functional groups attached to an aromatic ring is 1. The molecule has 1 aliphatic rings. The van der Waals surface area contributed by atoms with Crippen LogP contribution in [0.25, 0.3) is 0 Å². The van der Waals surface area contributed by atoms with Crippen LogP contribution in [0.5, 0.6) is 0 Å². The Labute approximate surface area is 100 Å². The standard InChI is InChI=1S/C11H18N4O2/c1-7-6-15(4-3-9(7)16)11(17)10-8(12)5-13-14(10)2/h5,7,9,16H,3-4,6,12H2,1-2H3. The Hall–Kier alpha value is -1.56. The minimum absolute atomic E-state index is 0.0992. The molecular formula is C11H18N4O2. The molecule has 0 saturated carbocycles. The second-order valence-electron chi connectivity index (χ2n) is 4.66. The molecule has 0 spiro atoms. The smallest absolute Gasteiger partial charge is 0.274 e. The molecule has 3 N–H and O–H groups in total. The van der Waals surface area contributed by atoms with Crippen LogP contribution in [0.2, 0.25) is 0 Å². The zero-order chi connectivity index (χ0) is 12.6. The van der Waals surface area contributed by atoms with Gasteiger partial charge < -0.3 is 15.7 Å². The fourth-order valence-electron chi connectivity index (χ4n) is 2.18. The summed E-state index contributed by atoms with van der Waals surface area (Å²) in [4.78, 5) is 14.0. The van der Waals surface area contributed by atoms with Crippen LogP contribution in [0.3, 0.4) is 0 Å². The van der Waals surface area contributed by atoms with Crippen molar-refractivity contribution in [2.24, 2.45) is 13.0 Å². The third kappa shape index (κ3) is 2.12. The van der Waals surface area contributed by atoms with Crippen molar-refractivity contribution in [1.82, 2.24) is 14.7 Å². The third-order valence-electron chi connectivity index (χ3n) is 3.32. The molecule has 1 aromatic heterocycles. The van der Waals surface area contributed by atoms with Gasteiger partial charge >= 0.3 is 0 Å². The molecule has 1 aromatic rings. The molecule has 6 heteroatoms. The summed E-state index contributed by atoms with van der Waals surface area (Å²) in [6.45, 7) is 3.07. The number of aromatic nitrogens is 2. The zero-order valence-corrected chi connectivity index (χ0v) is 10.1. The van der Waals surface area contributed by atoms with Crippen molar-refractivity contribution in [1.29, 1.82) is 0 Å². The molecule has 94 valence electrons. The Morgan fingerprint density at radius 1 is 1.65 bits per heavy atom. The molecule has 2 atom stereocenters. The number of hydrogen-bond donors (Lipinski definition) is 2. The highest BCUT2D eigenvalue weighted by atomic mass is 16.3. The number of aliphatic hydroxyl groups is 1. The summed E-state index contributed by atoms with van der Waals surface area (Å²) >= 11 is 0. The Bertz CT molecular complexity index is 410. The summed E-state index contributed by atoms with van der Waals surface area (Å²) in [5.74, 6) is -0.0107. The summed E-state index contributed by atoms with van der Waals surface area (Å²) in [6, 6.07) is 0. The monoisotopic (exact) mass is 238 g/mol. The van der Waals surface area contributed by atoms with Crippen LogP contribution < -0.4 is 5.73 Å². The third-order valence-corrected chi connectivity index (χ3v) is 3.32. The highest BCUT2D eigenvalue weighted by Gasteiger charge is 2.29. The number of anilines is 1. The normalized spacial score (nSPS) is 25.0. The average molecular weight is 238 g/mol. The summed E-state index contributed by atoms with van der Waals surface area (Å²) in [6.07, 6.45) is 1.78. The summed E-state index contributed by atoms with van der Waals surface area (Å²) in [5.41, 5.74) is 6.55. The number of nitrogens with two attached hydrogens (primary N) is 1. The van der Waals surface area contributed by atoms with Crippen molar-refractivity contribution in [3.05, 3.63) is 11.9 Å². The van der Waals surface area contributed by atoms with E-state index in [9.17, 15) is 9.90 Å². The lowest BCUT2D eigenvalue weighted by atomic mass is 9.96. The Balaban J connectivity index is 2.16. The highest BCUT2D eigenvalue weighted by Crippen LogP contribution is 2.20. The van der Waals surface area contributed by atoms with Gasteiger partial charge in [0.15, 0.2) is 0 Å². The van der Waals surface area contributed by atoms with E-state index in [0.717, 1.165) is 0 Å². The van der Waals surface area contributed by atoms with E-state index < -0.39 is 0 Å². The molecule has 2 heterocycles. The molecule has 1 amide bonds. The maximum atomic E-state index is 12.3. The molecule has 2 rings (SSSR count). The van der Waals surface area contributed by atoms with E-state index in [0.29, 0.717) is 30.9 Å². The largest absolute Gasteiger partial charge is 0.396 e. The lowest BCUT2D eigenvalue weighted by Crippen LogP contribution is -2.45. The number of carbonyl (C=O) groups excluding carboxylic acids is 1. The van der Waals surface area contributed by atoms with Gasteiger partial charge in [0.1, 0.15) is 5.69 Å². The Morgan fingerprint density at radius 2 is 2.35 bits per heavy atom. The van der Waals surface area contributed by atoms with Gasteiger partial charge in [-0.1, -0.05) is 6.92 Å². The van der Waals surface area contributed by atoms with E-state index in [2.05, 4.69) is 5.10 Å². The number of aliphatic hydroxyl groups excluding tert-OH is 1. The number of amides is 1. The lowest BCUT2D eigenvalue weighted by Gasteiger charge is -2.34.